The zero-order chi connectivity index (χ0) is 17.0. The molecule has 2 fully saturated rings. The van der Waals surface area contributed by atoms with Gasteiger partial charge in [-0.25, -0.2) is 0 Å². The van der Waals surface area contributed by atoms with Gasteiger partial charge < -0.3 is 20.2 Å². The Labute approximate surface area is 139 Å². The summed E-state index contributed by atoms with van der Waals surface area (Å²) in [6, 6.07) is 0.685. The van der Waals surface area contributed by atoms with E-state index in [1.54, 1.807) is 0 Å². The highest BCUT2D eigenvalue weighted by Crippen LogP contribution is 2.13. The second-order valence-corrected chi connectivity index (χ2v) is 7.12. The Bertz CT molecular complexity index is 190. The highest BCUT2D eigenvalue weighted by molar-refractivity contribution is 4.67. The van der Waals surface area contributed by atoms with Gasteiger partial charge in [0.25, 0.3) is 0 Å². The summed E-state index contributed by atoms with van der Waals surface area (Å²) < 4.78 is 0. The van der Waals surface area contributed by atoms with Gasteiger partial charge in [0.15, 0.2) is 0 Å². The van der Waals surface area contributed by atoms with E-state index < -0.39 is 0 Å². The van der Waals surface area contributed by atoms with Crippen molar-refractivity contribution in [1.29, 1.82) is 0 Å². The molecule has 0 aromatic carbocycles. The van der Waals surface area contributed by atoms with Crippen LogP contribution in [0.5, 0.6) is 0 Å². The predicted octanol–water partition coefficient (Wildman–Crippen LogP) is 2.43. The Morgan fingerprint density at radius 3 is 1.64 bits per heavy atom. The summed E-state index contributed by atoms with van der Waals surface area (Å²) in [6.07, 6.45) is 5.91. The van der Waals surface area contributed by atoms with Gasteiger partial charge in [0.05, 0.1) is 6.10 Å². The van der Waals surface area contributed by atoms with Gasteiger partial charge >= 0.3 is 0 Å². The summed E-state index contributed by atoms with van der Waals surface area (Å²) in [7, 11) is 6.27. The highest BCUT2D eigenvalue weighted by Gasteiger charge is 2.12. The quantitative estimate of drug-likeness (QED) is 0.821. The van der Waals surface area contributed by atoms with Crippen LogP contribution in [0.3, 0.4) is 0 Å². The number of aliphatic hydroxyl groups is 1. The van der Waals surface area contributed by atoms with Crippen molar-refractivity contribution in [1.82, 2.24) is 15.1 Å². The smallest absolute Gasteiger partial charge is 0.0564 e. The molecule has 22 heavy (non-hydrogen) atoms. The molecule has 0 unspecified atom stereocenters. The molecular formula is C18H41N3O. The van der Waals surface area contributed by atoms with Crippen molar-refractivity contribution in [3.05, 3.63) is 0 Å². The summed E-state index contributed by atoms with van der Waals surface area (Å²) in [5.74, 6) is 0.978. The van der Waals surface area contributed by atoms with Crippen LogP contribution in [-0.4, -0.2) is 74.4 Å². The SMILES string of the molecule is CC1CCN(C)CC1.CC[C@H](C)NC.CN1CCC(O)CC1. The van der Waals surface area contributed by atoms with Gasteiger partial charge in [0.2, 0.25) is 0 Å². The topological polar surface area (TPSA) is 38.7 Å². The number of nitrogens with zero attached hydrogens (tertiary/aromatic N) is 2. The Hall–Kier alpha value is -0.160. The van der Waals surface area contributed by atoms with E-state index in [4.69, 9.17) is 5.11 Å². The largest absolute Gasteiger partial charge is 0.393 e. The predicted molar refractivity (Wildman–Crippen MR) is 97.4 cm³/mol. The van der Waals surface area contributed by atoms with Gasteiger partial charge in [-0.1, -0.05) is 13.8 Å². The molecule has 0 radical (unpaired) electrons. The molecule has 0 bridgehead atoms. The fourth-order valence-electron chi connectivity index (χ4n) is 2.34. The average Bonchev–Trinajstić information content (AvgIpc) is 2.53. The Morgan fingerprint density at radius 2 is 1.41 bits per heavy atom. The first-order chi connectivity index (χ1) is 10.4. The molecule has 2 rings (SSSR count). The van der Waals surface area contributed by atoms with Gasteiger partial charge in [0.1, 0.15) is 0 Å². The molecule has 0 aliphatic carbocycles. The molecule has 0 aromatic rings. The van der Waals surface area contributed by atoms with E-state index in [2.05, 4.69) is 50.0 Å². The third-order valence-electron chi connectivity index (χ3n) is 4.80. The molecule has 0 spiro atoms. The third kappa shape index (κ3) is 12.4. The molecule has 4 heteroatoms. The summed E-state index contributed by atoms with van der Waals surface area (Å²) in [5.41, 5.74) is 0. The van der Waals surface area contributed by atoms with E-state index in [1.165, 1.54) is 32.4 Å². The molecule has 2 N–H and O–H groups in total. The molecule has 134 valence electrons. The number of nitrogens with one attached hydrogen (secondary N) is 1. The van der Waals surface area contributed by atoms with Crippen LogP contribution >= 0.6 is 0 Å². The molecular weight excluding hydrogens is 274 g/mol. The maximum Gasteiger partial charge on any atom is 0.0564 e. The number of piperidine rings is 2. The summed E-state index contributed by atoms with van der Waals surface area (Å²) in [5, 5.41) is 12.1. The van der Waals surface area contributed by atoms with Crippen LogP contribution in [0.1, 0.15) is 52.9 Å². The van der Waals surface area contributed by atoms with Crippen LogP contribution in [0, 0.1) is 5.92 Å². The average molecular weight is 316 g/mol. The minimum absolute atomic E-state index is 0.0220. The zero-order valence-electron chi connectivity index (χ0n) is 15.9. The fraction of sp³-hybridized carbons (Fsp3) is 1.00. The highest BCUT2D eigenvalue weighted by atomic mass is 16.3. The van der Waals surface area contributed by atoms with Crippen molar-refractivity contribution in [3.8, 4) is 0 Å². The standard InChI is InChI=1S/C7H15N.C6H13NO.C5H13N/c1-7-3-5-8(2)6-4-7;1-7-4-2-6(8)3-5-7;1-4-5(2)6-3/h7H,3-6H2,1-2H3;6,8H,2-5H2,1H3;5-6H,4H2,1-3H3/t;;5-/m..0/s1. The minimum atomic E-state index is -0.0220. The monoisotopic (exact) mass is 315 g/mol. The number of aliphatic hydroxyl groups excluding tert-OH is 1. The first kappa shape index (κ1) is 21.8. The van der Waals surface area contributed by atoms with Crippen molar-refractivity contribution in [2.24, 2.45) is 5.92 Å². The Kier molecular flexibility index (Phi) is 13.2. The van der Waals surface area contributed by atoms with E-state index in [0.717, 1.165) is 31.8 Å². The van der Waals surface area contributed by atoms with Crippen molar-refractivity contribution < 1.29 is 5.11 Å². The number of hydrogen-bond acceptors (Lipinski definition) is 4. The lowest BCUT2D eigenvalue weighted by Crippen LogP contribution is -2.32. The maximum absolute atomic E-state index is 9.00. The zero-order valence-corrected chi connectivity index (χ0v) is 15.9. The summed E-state index contributed by atoms with van der Waals surface area (Å²) in [4.78, 5) is 4.65. The molecule has 1 atom stereocenters. The first-order valence-corrected chi connectivity index (χ1v) is 9.11. The lowest BCUT2D eigenvalue weighted by atomic mass is 10.00. The maximum atomic E-state index is 9.00. The Balaban J connectivity index is 0.000000306. The molecule has 2 saturated heterocycles. The van der Waals surface area contributed by atoms with Gasteiger partial charge in [-0.15, -0.1) is 0 Å². The van der Waals surface area contributed by atoms with Crippen molar-refractivity contribution in [3.63, 3.8) is 0 Å². The molecule has 0 amide bonds. The second kappa shape index (κ2) is 13.3. The van der Waals surface area contributed by atoms with E-state index in [0.29, 0.717) is 6.04 Å². The number of likely N-dealkylation sites (tertiary alicyclic amines) is 2. The van der Waals surface area contributed by atoms with E-state index in [-0.39, 0.29) is 6.10 Å². The van der Waals surface area contributed by atoms with Crippen LogP contribution in [0.2, 0.25) is 0 Å². The van der Waals surface area contributed by atoms with Crippen molar-refractivity contribution >= 4 is 0 Å². The molecule has 4 nitrogen and oxygen atoms in total. The summed E-state index contributed by atoms with van der Waals surface area (Å²) in [6.45, 7) is 11.4. The third-order valence-corrected chi connectivity index (χ3v) is 4.80. The second-order valence-electron chi connectivity index (χ2n) is 7.12. The van der Waals surface area contributed by atoms with Crippen LogP contribution in [-0.2, 0) is 0 Å². The van der Waals surface area contributed by atoms with Crippen molar-refractivity contribution in [2.75, 3.05) is 47.3 Å². The van der Waals surface area contributed by atoms with E-state index >= 15 is 0 Å². The molecule has 0 aromatic heterocycles. The first-order valence-electron chi connectivity index (χ1n) is 9.11. The number of rotatable bonds is 2. The fourth-order valence-corrected chi connectivity index (χ4v) is 2.34. The van der Waals surface area contributed by atoms with Crippen LogP contribution in [0.4, 0.5) is 0 Å². The normalized spacial score (nSPS) is 23.0. The van der Waals surface area contributed by atoms with Crippen LogP contribution < -0.4 is 5.32 Å². The van der Waals surface area contributed by atoms with Crippen LogP contribution in [0.15, 0.2) is 0 Å². The molecule has 2 aliphatic rings. The lowest BCUT2D eigenvalue weighted by molar-refractivity contribution is 0.0943. The van der Waals surface area contributed by atoms with E-state index in [1.807, 2.05) is 7.05 Å². The van der Waals surface area contributed by atoms with Gasteiger partial charge in [0, 0.05) is 19.1 Å². The Morgan fingerprint density at radius 1 is 1.00 bits per heavy atom. The number of hydrogen-bond donors (Lipinski definition) is 2. The minimum Gasteiger partial charge on any atom is -0.393 e. The molecule has 0 saturated carbocycles. The summed E-state index contributed by atoms with van der Waals surface area (Å²) >= 11 is 0. The van der Waals surface area contributed by atoms with Gasteiger partial charge in [-0.05, 0) is 79.2 Å². The molecule has 2 heterocycles. The van der Waals surface area contributed by atoms with Gasteiger partial charge in [-0.3, -0.25) is 0 Å². The van der Waals surface area contributed by atoms with Crippen molar-refractivity contribution in [2.45, 2.75) is 65.0 Å². The lowest BCUT2D eigenvalue weighted by Gasteiger charge is -2.26. The van der Waals surface area contributed by atoms with Crippen LogP contribution in [0.25, 0.3) is 0 Å². The molecule has 2 aliphatic heterocycles. The van der Waals surface area contributed by atoms with Gasteiger partial charge in [-0.2, -0.15) is 0 Å². The van der Waals surface area contributed by atoms with E-state index in [9.17, 15) is 0 Å².